The van der Waals surface area contributed by atoms with Crippen molar-refractivity contribution in [2.24, 2.45) is 5.41 Å². The Morgan fingerprint density at radius 3 is 2.41 bits per heavy atom. The van der Waals surface area contributed by atoms with Gasteiger partial charge in [0.1, 0.15) is 6.61 Å². The molecule has 0 aliphatic carbocycles. The lowest BCUT2D eigenvalue weighted by atomic mass is 9.79. The molecule has 29 heavy (non-hydrogen) atoms. The molecule has 0 saturated heterocycles. The van der Waals surface area contributed by atoms with Gasteiger partial charge in [0.2, 0.25) is 0 Å². The molecule has 0 radical (unpaired) electrons. The normalized spacial score (nSPS) is 17.1. The number of carbonyl (C=O) groups is 1. The highest BCUT2D eigenvalue weighted by Gasteiger charge is 2.45. The lowest BCUT2D eigenvalue weighted by Crippen LogP contribution is -2.51. The number of halogens is 4. The summed E-state index contributed by atoms with van der Waals surface area (Å²) in [6, 6.07) is 11.3. The molecule has 0 bridgehead atoms. The highest BCUT2D eigenvalue weighted by Crippen LogP contribution is 2.46. The minimum atomic E-state index is -4.59. The molecule has 0 aromatic heterocycles. The molecule has 3 nitrogen and oxygen atoms in total. The molecule has 156 valence electrons. The molecule has 0 spiro atoms. The fourth-order valence-corrected chi connectivity index (χ4v) is 4.26. The fraction of sp³-hybridized carbons (Fsp3) is 0.409. The van der Waals surface area contributed by atoms with Gasteiger partial charge in [-0.1, -0.05) is 67.0 Å². The van der Waals surface area contributed by atoms with Crippen LogP contribution in [0.4, 0.5) is 23.7 Å². The zero-order valence-electron chi connectivity index (χ0n) is 16.5. The molecule has 0 saturated carbocycles. The summed E-state index contributed by atoms with van der Waals surface area (Å²) >= 11 is 3.17. The van der Waals surface area contributed by atoms with E-state index in [1.807, 2.05) is 39.0 Å². The minimum Gasteiger partial charge on any atom is -0.444 e. The second-order valence-corrected chi connectivity index (χ2v) is 9.21. The van der Waals surface area contributed by atoms with Crippen molar-refractivity contribution < 1.29 is 22.7 Å². The van der Waals surface area contributed by atoms with Gasteiger partial charge < -0.3 is 4.74 Å². The monoisotopic (exact) mass is 469 g/mol. The molecule has 3 rings (SSSR count). The van der Waals surface area contributed by atoms with E-state index < -0.39 is 29.3 Å². The molecule has 1 atom stereocenters. The van der Waals surface area contributed by atoms with Crippen LogP contribution in [0.25, 0.3) is 0 Å². The van der Waals surface area contributed by atoms with E-state index in [1.165, 1.54) is 4.90 Å². The summed E-state index contributed by atoms with van der Waals surface area (Å²) in [5, 5.41) is 0. The topological polar surface area (TPSA) is 29.5 Å². The second kappa shape index (κ2) is 8.01. The molecule has 0 fully saturated rings. The summed E-state index contributed by atoms with van der Waals surface area (Å²) in [5.74, 6) is 0. The van der Waals surface area contributed by atoms with Crippen molar-refractivity contribution in [1.82, 2.24) is 0 Å². The van der Waals surface area contributed by atoms with Crippen LogP contribution in [0.5, 0.6) is 0 Å². The van der Waals surface area contributed by atoms with Gasteiger partial charge in [-0.3, -0.25) is 4.90 Å². The van der Waals surface area contributed by atoms with Gasteiger partial charge in [0.25, 0.3) is 0 Å². The van der Waals surface area contributed by atoms with E-state index in [0.29, 0.717) is 22.9 Å². The zero-order valence-corrected chi connectivity index (χ0v) is 18.1. The standard InChI is InChI=1S/C22H23BrF3NO2/c1-21(2,3)18-10-9-15-11-16(23)12-17(22(24,25)26)19(15)27(18)20(28)29-13-14-7-5-4-6-8-14/h4-8,11-12,18H,9-10,13H2,1-3H3. The predicted molar refractivity (Wildman–Crippen MR) is 110 cm³/mol. The molecule has 1 aliphatic heterocycles. The van der Waals surface area contributed by atoms with Crippen molar-refractivity contribution >= 4 is 27.7 Å². The van der Waals surface area contributed by atoms with Crippen LogP contribution in [0.3, 0.4) is 0 Å². The van der Waals surface area contributed by atoms with Crippen LogP contribution in [-0.2, 0) is 23.9 Å². The maximum Gasteiger partial charge on any atom is 0.418 e. The summed E-state index contributed by atoms with van der Waals surface area (Å²) in [4.78, 5) is 14.3. The number of hydrogen-bond acceptors (Lipinski definition) is 2. The van der Waals surface area contributed by atoms with Gasteiger partial charge in [-0.25, -0.2) is 4.79 Å². The summed E-state index contributed by atoms with van der Waals surface area (Å²) in [6.45, 7) is 5.77. The molecule has 0 N–H and O–H groups in total. The Morgan fingerprint density at radius 2 is 1.83 bits per heavy atom. The average molecular weight is 470 g/mol. The lowest BCUT2D eigenvalue weighted by molar-refractivity contribution is -0.137. The van der Waals surface area contributed by atoms with Crippen molar-refractivity contribution in [2.75, 3.05) is 4.90 Å². The van der Waals surface area contributed by atoms with Gasteiger partial charge in [0.15, 0.2) is 0 Å². The number of hydrogen-bond donors (Lipinski definition) is 0. The third kappa shape index (κ3) is 4.77. The van der Waals surface area contributed by atoms with Crippen molar-refractivity contribution in [1.29, 1.82) is 0 Å². The first-order valence-electron chi connectivity index (χ1n) is 9.38. The predicted octanol–water partition coefficient (Wildman–Crippen LogP) is 6.97. The van der Waals surface area contributed by atoms with E-state index >= 15 is 0 Å². The number of ether oxygens (including phenoxy) is 1. The van der Waals surface area contributed by atoms with Crippen LogP contribution in [0.15, 0.2) is 46.9 Å². The minimum absolute atomic E-state index is 0.000247. The van der Waals surface area contributed by atoms with Crippen LogP contribution in [0, 0.1) is 5.41 Å². The second-order valence-electron chi connectivity index (χ2n) is 8.29. The number of anilines is 1. The van der Waals surface area contributed by atoms with Crippen LogP contribution >= 0.6 is 15.9 Å². The number of nitrogens with zero attached hydrogens (tertiary/aromatic N) is 1. The fourth-order valence-electron chi connectivity index (χ4n) is 3.75. The Hall–Kier alpha value is -2.02. The first-order valence-corrected chi connectivity index (χ1v) is 10.2. The molecule has 1 unspecified atom stereocenters. The highest BCUT2D eigenvalue weighted by atomic mass is 79.9. The smallest absolute Gasteiger partial charge is 0.418 e. The number of rotatable bonds is 2. The van der Waals surface area contributed by atoms with E-state index in [4.69, 9.17) is 4.74 Å². The van der Waals surface area contributed by atoms with Crippen LogP contribution in [0.2, 0.25) is 0 Å². The maximum absolute atomic E-state index is 13.9. The molecular weight excluding hydrogens is 447 g/mol. The maximum atomic E-state index is 13.9. The Labute approximate surface area is 177 Å². The third-order valence-corrected chi connectivity index (χ3v) is 5.56. The van der Waals surface area contributed by atoms with Gasteiger partial charge in [0, 0.05) is 10.5 Å². The molecule has 2 aromatic carbocycles. The summed E-state index contributed by atoms with van der Waals surface area (Å²) in [6.07, 6.45) is -4.33. The number of alkyl halides is 3. The number of benzene rings is 2. The Bertz CT molecular complexity index is 891. The summed E-state index contributed by atoms with van der Waals surface area (Å²) < 4.78 is 47.4. The first-order chi connectivity index (χ1) is 13.5. The molecule has 1 aliphatic rings. The van der Waals surface area contributed by atoms with Gasteiger partial charge in [-0.2, -0.15) is 13.2 Å². The zero-order chi connectivity index (χ0) is 21.4. The van der Waals surface area contributed by atoms with Crippen LogP contribution in [-0.4, -0.2) is 12.1 Å². The molecule has 1 amide bonds. The van der Waals surface area contributed by atoms with Gasteiger partial charge in [0.05, 0.1) is 11.3 Å². The van der Waals surface area contributed by atoms with E-state index in [0.717, 1.165) is 11.6 Å². The molecule has 7 heteroatoms. The Kier molecular flexibility index (Phi) is 5.99. The van der Waals surface area contributed by atoms with Gasteiger partial charge in [-0.15, -0.1) is 0 Å². The third-order valence-electron chi connectivity index (χ3n) is 5.10. The Balaban J connectivity index is 2.05. The number of aryl methyl sites for hydroxylation is 1. The van der Waals surface area contributed by atoms with Crippen molar-refractivity contribution in [2.45, 2.75) is 52.4 Å². The van der Waals surface area contributed by atoms with Gasteiger partial charge in [-0.05, 0) is 41.5 Å². The van der Waals surface area contributed by atoms with E-state index in [1.54, 1.807) is 18.2 Å². The number of carbonyl (C=O) groups excluding carboxylic acids is 1. The summed E-state index contributed by atoms with van der Waals surface area (Å²) in [5.41, 5.74) is -0.0714. The Morgan fingerprint density at radius 1 is 1.17 bits per heavy atom. The molecule has 2 aromatic rings. The first kappa shape index (κ1) is 21.7. The highest BCUT2D eigenvalue weighted by molar-refractivity contribution is 9.10. The molecular formula is C22H23BrF3NO2. The van der Waals surface area contributed by atoms with E-state index in [2.05, 4.69) is 15.9 Å². The van der Waals surface area contributed by atoms with E-state index in [-0.39, 0.29) is 12.3 Å². The van der Waals surface area contributed by atoms with E-state index in [9.17, 15) is 18.0 Å². The SMILES string of the molecule is CC(C)(C)C1CCc2cc(Br)cc(C(F)(F)F)c2N1C(=O)OCc1ccccc1. The number of amides is 1. The van der Waals surface area contributed by atoms with Crippen LogP contribution < -0.4 is 4.90 Å². The quantitative estimate of drug-likeness (QED) is 0.474. The van der Waals surface area contributed by atoms with Crippen molar-refractivity contribution in [3.8, 4) is 0 Å². The molecule has 1 heterocycles. The van der Waals surface area contributed by atoms with Gasteiger partial charge >= 0.3 is 12.3 Å². The summed E-state index contributed by atoms with van der Waals surface area (Å²) in [7, 11) is 0. The van der Waals surface area contributed by atoms with Crippen molar-refractivity contribution in [3.05, 3.63) is 63.6 Å². The largest absolute Gasteiger partial charge is 0.444 e. The number of fused-ring (bicyclic) bond motifs is 1. The average Bonchev–Trinajstić information content (AvgIpc) is 2.63. The van der Waals surface area contributed by atoms with Crippen LogP contribution in [0.1, 0.15) is 43.9 Å². The van der Waals surface area contributed by atoms with Crippen molar-refractivity contribution in [3.63, 3.8) is 0 Å². The lowest BCUT2D eigenvalue weighted by Gasteiger charge is -2.44.